The summed E-state index contributed by atoms with van der Waals surface area (Å²) in [5.41, 5.74) is 5.80. The van der Waals surface area contributed by atoms with Crippen molar-refractivity contribution in [1.29, 1.82) is 10.5 Å². The molecule has 196 valence electrons. The summed E-state index contributed by atoms with van der Waals surface area (Å²) in [6.07, 6.45) is 5.60. The molecule has 8 nitrogen and oxygen atoms in total. The van der Waals surface area contributed by atoms with E-state index in [0.717, 1.165) is 28.1 Å². The molecule has 0 aliphatic carbocycles. The molecule has 0 N–H and O–H groups in total. The number of hydrogen-bond acceptors (Lipinski definition) is 6. The SMILES string of the molecule is CS(=O)(=O)N1Cc2cc(C#N)ccc2N(Cc2cn(Cc3ccc(C#N)cc3)cn2)C[C@H]1Cc1ccccc1. The van der Waals surface area contributed by atoms with Crippen molar-refractivity contribution in [2.75, 3.05) is 17.7 Å². The number of nitriles is 2. The van der Waals surface area contributed by atoms with E-state index in [2.05, 4.69) is 22.0 Å². The Morgan fingerprint density at radius 2 is 1.64 bits per heavy atom. The number of imidazole rings is 1. The molecule has 0 fully saturated rings. The molecule has 39 heavy (non-hydrogen) atoms. The van der Waals surface area contributed by atoms with E-state index in [9.17, 15) is 13.7 Å². The van der Waals surface area contributed by atoms with Crippen LogP contribution in [0.25, 0.3) is 0 Å². The van der Waals surface area contributed by atoms with Crippen LogP contribution in [0.2, 0.25) is 0 Å². The minimum absolute atomic E-state index is 0.199. The maximum absolute atomic E-state index is 13.0. The van der Waals surface area contributed by atoms with E-state index in [1.54, 1.807) is 34.9 Å². The van der Waals surface area contributed by atoms with Crippen molar-refractivity contribution >= 4 is 15.7 Å². The van der Waals surface area contributed by atoms with E-state index in [-0.39, 0.29) is 12.6 Å². The van der Waals surface area contributed by atoms with Crippen LogP contribution in [0.1, 0.15) is 33.5 Å². The topological polar surface area (TPSA) is 106 Å². The number of sulfonamides is 1. The van der Waals surface area contributed by atoms with Crippen molar-refractivity contribution in [2.45, 2.75) is 32.1 Å². The van der Waals surface area contributed by atoms with Gasteiger partial charge in [-0.3, -0.25) is 0 Å². The van der Waals surface area contributed by atoms with Gasteiger partial charge in [0.25, 0.3) is 0 Å². The lowest BCUT2D eigenvalue weighted by Gasteiger charge is -2.31. The lowest BCUT2D eigenvalue weighted by Crippen LogP contribution is -2.45. The highest BCUT2D eigenvalue weighted by Crippen LogP contribution is 2.32. The number of rotatable bonds is 7. The van der Waals surface area contributed by atoms with E-state index < -0.39 is 10.0 Å². The fourth-order valence-electron chi connectivity index (χ4n) is 5.09. The van der Waals surface area contributed by atoms with Gasteiger partial charge in [0.2, 0.25) is 10.0 Å². The highest BCUT2D eigenvalue weighted by molar-refractivity contribution is 7.88. The zero-order valence-corrected chi connectivity index (χ0v) is 22.4. The van der Waals surface area contributed by atoms with Gasteiger partial charge in [0.05, 0.1) is 48.1 Å². The van der Waals surface area contributed by atoms with Gasteiger partial charge in [-0.1, -0.05) is 42.5 Å². The molecule has 0 saturated carbocycles. The molecule has 2 heterocycles. The molecule has 5 rings (SSSR count). The molecule has 3 aromatic carbocycles. The highest BCUT2D eigenvalue weighted by Gasteiger charge is 2.33. The van der Waals surface area contributed by atoms with Crippen molar-refractivity contribution in [1.82, 2.24) is 13.9 Å². The standard InChI is InChI=1S/C30H28N6O2S/c1-39(37,38)36-18-27-13-26(16-32)11-12-30(27)35(21-29(36)14-23-5-3-2-4-6-23)20-28-19-34(22-33-28)17-25-9-7-24(15-31)8-10-25/h2-13,19,22,29H,14,17-18,20-21H2,1H3/t29-/m1/s1. The second-order valence-electron chi connectivity index (χ2n) is 9.83. The maximum atomic E-state index is 13.0. The van der Waals surface area contributed by atoms with Crippen molar-refractivity contribution in [3.05, 3.63) is 119 Å². The molecule has 1 aliphatic heterocycles. The number of fused-ring (bicyclic) bond motifs is 1. The van der Waals surface area contributed by atoms with Crippen molar-refractivity contribution in [3.8, 4) is 12.1 Å². The number of nitrogens with zero attached hydrogens (tertiary/aromatic N) is 6. The first-order valence-electron chi connectivity index (χ1n) is 12.6. The van der Waals surface area contributed by atoms with Gasteiger partial charge in [-0.15, -0.1) is 0 Å². The second kappa shape index (κ2) is 11.1. The predicted octanol–water partition coefficient (Wildman–Crippen LogP) is 4.07. The van der Waals surface area contributed by atoms with Gasteiger partial charge >= 0.3 is 0 Å². The fourth-order valence-corrected chi connectivity index (χ4v) is 6.14. The van der Waals surface area contributed by atoms with Crippen LogP contribution in [-0.4, -0.2) is 41.1 Å². The third-order valence-electron chi connectivity index (χ3n) is 6.94. The summed E-state index contributed by atoms with van der Waals surface area (Å²) in [7, 11) is -3.53. The Hall–Kier alpha value is -4.44. The Kier molecular flexibility index (Phi) is 7.47. The second-order valence-corrected chi connectivity index (χ2v) is 11.8. The highest BCUT2D eigenvalue weighted by atomic mass is 32.2. The van der Waals surface area contributed by atoms with Crippen molar-refractivity contribution < 1.29 is 8.42 Å². The molecule has 0 bridgehead atoms. The normalized spacial score (nSPS) is 15.7. The van der Waals surface area contributed by atoms with Gasteiger partial charge in [-0.05, 0) is 53.4 Å². The average Bonchev–Trinajstić information content (AvgIpc) is 3.31. The summed E-state index contributed by atoms with van der Waals surface area (Å²) < 4.78 is 29.5. The third-order valence-corrected chi connectivity index (χ3v) is 8.22. The summed E-state index contributed by atoms with van der Waals surface area (Å²) >= 11 is 0. The number of aromatic nitrogens is 2. The molecule has 0 radical (unpaired) electrons. The van der Waals surface area contributed by atoms with Crippen molar-refractivity contribution in [2.24, 2.45) is 0 Å². The monoisotopic (exact) mass is 536 g/mol. The van der Waals surface area contributed by atoms with Crippen LogP contribution in [0.3, 0.4) is 0 Å². The first-order valence-corrected chi connectivity index (χ1v) is 14.5. The molecule has 1 aliphatic rings. The Labute approximate surface area is 229 Å². The Morgan fingerprint density at radius 1 is 0.923 bits per heavy atom. The molecular formula is C30H28N6O2S. The smallest absolute Gasteiger partial charge is 0.211 e. The largest absolute Gasteiger partial charge is 0.364 e. The molecule has 4 aromatic rings. The van der Waals surface area contributed by atoms with Crippen LogP contribution in [-0.2, 0) is 36.1 Å². The van der Waals surface area contributed by atoms with E-state index in [1.807, 2.05) is 59.3 Å². The summed E-state index contributed by atoms with van der Waals surface area (Å²) in [6.45, 7) is 1.79. The number of anilines is 1. The van der Waals surface area contributed by atoms with Gasteiger partial charge in [0.1, 0.15) is 0 Å². The van der Waals surface area contributed by atoms with Gasteiger partial charge in [0, 0.05) is 37.6 Å². The van der Waals surface area contributed by atoms with E-state index in [1.165, 1.54) is 6.26 Å². The van der Waals surface area contributed by atoms with E-state index in [4.69, 9.17) is 5.26 Å². The summed E-state index contributed by atoms with van der Waals surface area (Å²) in [6, 6.07) is 26.9. The first kappa shape index (κ1) is 26.2. The number of hydrogen-bond donors (Lipinski definition) is 0. The quantitative estimate of drug-likeness (QED) is 0.353. The third kappa shape index (κ3) is 6.18. The molecule has 0 amide bonds. The fraction of sp³-hybridized carbons (Fsp3) is 0.233. The molecule has 0 unspecified atom stereocenters. The van der Waals surface area contributed by atoms with Crippen molar-refractivity contribution in [3.63, 3.8) is 0 Å². The van der Waals surface area contributed by atoms with Crippen LogP contribution < -0.4 is 4.90 Å². The average molecular weight is 537 g/mol. The lowest BCUT2D eigenvalue weighted by molar-refractivity contribution is 0.320. The lowest BCUT2D eigenvalue weighted by atomic mass is 10.1. The van der Waals surface area contributed by atoms with Gasteiger partial charge in [0.15, 0.2) is 0 Å². The van der Waals surface area contributed by atoms with Gasteiger partial charge in [-0.2, -0.15) is 14.8 Å². The first-order chi connectivity index (χ1) is 18.8. The summed E-state index contributed by atoms with van der Waals surface area (Å²) in [5, 5.41) is 18.5. The van der Waals surface area contributed by atoms with Crippen LogP contribution in [0.5, 0.6) is 0 Å². The van der Waals surface area contributed by atoms with Crippen LogP contribution in [0.4, 0.5) is 5.69 Å². The Balaban J connectivity index is 1.46. The van der Waals surface area contributed by atoms with E-state index in [0.29, 0.717) is 37.2 Å². The zero-order valence-electron chi connectivity index (χ0n) is 21.6. The number of benzene rings is 3. The zero-order chi connectivity index (χ0) is 27.4. The molecule has 0 saturated heterocycles. The molecule has 1 atom stereocenters. The summed E-state index contributed by atoms with van der Waals surface area (Å²) in [5.74, 6) is 0. The van der Waals surface area contributed by atoms with Gasteiger partial charge in [-0.25, -0.2) is 13.4 Å². The maximum Gasteiger partial charge on any atom is 0.211 e. The van der Waals surface area contributed by atoms with Crippen LogP contribution in [0.15, 0.2) is 85.3 Å². The molecular weight excluding hydrogens is 508 g/mol. The molecule has 0 spiro atoms. The van der Waals surface area contributed by atoms with Crippen LogP contribution >= 0.6 is 0 Å². The Bertz CT molecular complexity index is 1650. The predicted molar refractivity (Wildman–Crippen MR) is 149 cm³/mol. The summed E-state index contributed by atoms with van der Waals surface area (Å²) in [4.78, 5) is 6.81. The minimum Gasteiger partial charge on any atom is -0.364 e. The minimum atomic E-state index is -3.53. The van der Waals surface area contributed by atoms with Gasteiger partial charge < -0.3 is 9.47 Å². The molecule has 1 aromatic heterocycles. The Morgan fingerprint density at radius 3 is 2.33 bits per heavy atom. The van der Waals surface area contributed by atoms with Crippen LogP contribution in [0, 0.1) is 22.7 Å². The molecule has 9 heteroatoms. The van der Waals surface area contributed by atoms with E-state index >= 15 is 0 Å².